The number of halogens is 1. The molecule has 2 aromatic heterocycles. The maximum atomic E-state index is 11.9. The Morgan fingerprint density at radius 2 is 2.14 bits per heavy atom. The Labute approximate surface area is 141 Å². The van der Waals surface area contributed by atoms with E-state index in [1.165, 1.54) is 11.3 Å². The van der Waals surface area contributed by atoms with Crippen LogP contribution in [0.3, 0.4) is 0 Å². The van der Waals surface area contributed by atoms with Crippen LogP contribution in [0.4, 0.5) is 5.13 Å². The Morgan fingerprint density at radius 3 is 2.91 bits per heavy atom. The Morgan fingerprint density at radius 1 is 1.23 bits per heavy atom. The van der Waals surface area contributed by atoms with Crippen molar-refractivity contribution in [1.82, 2.24) is 4.98 Å². The van der Waals surface area contributed by atoms with Gasteiger partial charge in [-0.1, -0.05) is 29.8 Å². The highest BCUT2D eigenvalue weighted by Crippen LogP contribution is 2.22. The smallest absolute Gasteiger partial charge is 0.231 e. The van der Waals surface area contributed by atoms with E-state index >= 15 is 0 Å². The van der Waals surface area contributed by atoms with Crippen LogP contribution in [0.25, 0.3) is 0 Å². The van der Waals surface area contributed by atoms with Crippen molar-refractivity contribution >= 4 is 45.3 Å². The minimum Gasteiger partial charge on any atom is -0.302 e. The molecule has 6 heteroatoms. The van der Waals surface area contributed by atoms with Crippen molar-refractivity contribution in [3.05, 3.63) is 68.3 Å². The Balaban J connectivity index is 1.60. The molecule has 1 aromatic carbocycles. The van der Waals surface area contributed by atoms with Crippen LogP contribution in [-0.2, 0) is 17.6 Å². The zero-order chi connectivity index (χ0) is 15.4. The molecule has 0 saturated heterocycles. The molecule has 0 atom stereocenters. The summed E-state index contributed by atoms with van der Waals surface area (Å²) in [5, 5.41) is 6.18. The van der Waals surface area contributed by atoms with Crippen molar-refractivity contribution in [3.8, 4) is 0 Å². The number of thiophene rings is 1. The number of carbonyl (C=O) groups excluding carboxylic acids is 1. The fourth-order valence-electron chi connectivity index (χ4n) is 2.03. The monoisotopic (exact) mass is 348 g/mol. The first kappa shape index (κ1) is 15.2. The van der Waals surface area contributed by atoms with Crippen molar-refractivity contribution in [2.75, 3.05) is 5.32 Å². The lowest BCUT2D eigenvalue weighted by atomic mass is 10.1. The Kier molecular flexibility index (Phi) is 4.87. The van der Waals surface area contributed by atoms with E-state index in [9.17, 15) is 4.79 Å². The van der Waals surface area contributed by atoms with E-state index in [0.29, 0.717) is 11.6 Å². The van der Waals surface area contributed by atoms with Crippen LogP contribution in [0.15, 0.2) is 48.0 Å². The molecule has 1 N–H and O–H groups in total. The first-order valence-corrected chi connectivity index (χ1v) is 8.78. The number of nitrogens with one attached hydrogen (secondary N) is 1. The molecule has 3 aromatic rings. The van der Waals surface area contributed by atoms with Crippen LogP contribution in [-0.4, -0.2) is 10.9 Å². The number of anilines is 1. The number of aromatic nitrogens is 1. The van der Waals surface area contributed by atoms with E-state index < -0.39 is 0 Å². The van der Waals surface area contributed by atoms with Crippen molar-refractivity contribution < 1.29 is 4.79 Å². The molecule has 0 aliphatic carbocycles. The molecular formula is C16H13ClN2OS2. The van der Waals surface area contributed by atoms with Gasteiger partial charge in [0.1, 0.15) is 0 Å². The molecule has 0 spiro atoms. The third-order valence-electron chi connectivity index (χ3n) is 2.98. The number of nitrogens with zero attached hydrogens (tertiary/aromatic N) is 1. The zero-order valence-electron chi connectivity index (χ0n) is 11.6. The van der Waals surface area contributed by atoms with Crippen LogP contribution in [0, 0.1) is 0 Å². The largest absolute Gasteiger partial charge is 0.302 e. The molecule has 0 radical (unpaired) electrons. The van der Waals surface area contributed by atoms with Gasteiger partial charge in [-0.25, -0.2) is 4.98 Å². The molecule has 0 saturated carbocycles. The second kappa shape index (κ2) is 7.05. The van der Waals surface area contributed by atoms with E-state index in [1.807, 2.05) is 41.8 Å². The second-order valence-corrected chi connectivity index (χ2v) is 7.33. The van der Waals surface area contributed by atoms with Gasteiger partial charge in [0.25, 0.3) is 0 Å². The van der Waals surface area contributed by atoms with Gasteiger partial charge < -0.3 is 5.32 Å². The predicted molar refractivity (Wildman–Crippen MR) is 93.0 cm³/mol. The maximum Gasteiger partial charge on any atom is 0.231 e. The summed E-state index contributed by atoms with van der Waals surface area (Å²) in [7, 11) is 0. The summed E-state index contributed by atoms with van der Waals surface area (Å²) >= 11 is 9.06. The van der Waals surface area contributed by atoms with Gasteiger partial charge in [0, 0.05) is 27.4 Å². The lowest BCUT2D eigenvalue weighted by Gasteiger charge is -2.00. The number of thiazole rings is 1. The first-order chi connectivity index (χ1) is 10.7. The Bertz CT molecular complexity index is 768. The maximum absolute atomic E-state index is 11.9. The minimum atomic E-state index is -0.0360. The highest BCUT2D eigenvalue weighted by Gasteiger charge is 2.09. The van der Waals surface area contributed by atoms with Gasteiger partial charge in [-0.3, -0.25) is 4.79 Å². The predicted octanol–water partition coefficient (Wildman–Crippen LogP) is 4.63. The second-order valence-electron chi connectivity index (χ2n) is 4.74. The first-order valence-electron chi connectivity index (χ1n) is 6.70. The summed E-state index contributed by atoms with van der Waals surface area (Å²) in [6.07, 6.45) is 2.95. The van der Waals surface area contributed by atoms with Gasteiger partial charge in [0.05, 0.1) is 6.42 Å². The van der Waals surface area contributed by atoms with Gasteiger partial charge in [-0.2, -0.15) is 0 Å². The molecule has 2 heterocycles. The van der Waals surface area contributed by atoms with E-state index in [1.54, 1.807) is 17.5 Å². The summed E-state index contributed by atoms with van der Waals surface area (Å²) in [6, 6.07) is 11.7. The zero-order valence-corrected chi connectivity index (χ0v) is 14.0. The number of carbonyl (C=O) groups is 1. The summed E-state index contributed by atoms with van der Waals surface area (Å²) < 4.78 is 0. The SMILES string of the molecule is O=C(Cc1cccs1)Nc1ncc(Cc2cccc(Cl)c2)s1. The standard InChI is InChI=1S/C16H13ClN2OS2/c17-12-4-1-3-11(7-12)8-14-10-18-16(22-14)19-15(20)9-13-5-2-6-21-13/h1-7,10H,8-9H2,(H,18,19,20). The van der Waals surface area contributed by atoms with Crippen LogP contribution in [0.2, 0.25) is 5.02 Å². The third-order valence-corrected chi connectivity index (χ3v) is 5.01. The van der Waals surface area contributed by atoms with Gasteiger partial charge in [0.15, 0.2) is 5.13 Å². The molecule has 0 fully saturated rings. The van der Waals surface area contributed by atoms with Crippen LogP contribution < -0.4 is 5.32 Å². The minimum absolute atomic E-state index is 0.0360. The molecule has 0 bridgehead atoms. The highest BCUT2D eigenvalue weighted by molar-refractivity contribution is 7.15. The summed E-state index contributed by atoms with van der Waals surface area (Å²) in [5.41, 5.74) is 1.13. The lowest BCUT2D eigenvalue weighted by molar-refractivity contribution is -0.115. The molecular weight excluding hydrogens is 336 g/mol. The summed E-state index contributed by atoms with van der Waals surface area (Å²) in [6.45, 7) is 0. The fourth-order valence-corrected chi connectivity index (χ4v) is 3.81. The van der Waals surface area contributed by atoms with Crippen molar-refractivity contribution in [2.24, 2.45) is 0 Å². The van der Waals surface area contributed by atoms with E-state index in [-0.39, 0.29) is 5.91 Å². The number of rotatable bonds is 5. The number of hydrogen-bond donors (Lipinski definition) is 1. The average Bonchev–Trinajstić information content (AvgIpc) is 3.11. The fraction of sp³-hybridized carbons (Fsp3) is 0.125. The highest BCUT2D eigenvalue weighted by atomic mass is 35.5. The molecule has 112 valence electrons. The van der Waals surface area contributed by atoms with E-state index in [0.717, 1.165) is 26.8 Å². The summed E-state index contributed by atoms with van der Waals surface area (Å²) in [4.78, 5) is 18.3. The van der Waals surface area contributed by atoms with Crippen LogP contribution >= 0.6 is 34.3 Å². The van der Waals surface area contributed by atoms with E-state index in [4.69, 9.17) is 11.6 Å². The summed E-state index contributed by atoms with van der Waals surface area (Å²) in [5.74, 6) is -0.0360. The average molecular weight is 349 g/mol. The van der Waals surface area contributed by atoms with Crippen LogP contribution in [0.1, 0.15) is 15.3 Å². The van der Waals surface area contributed by atoms with Crippen molar-refractivity contribution in [2.45, 2.75) is 12.8 Å². The van der Waals surface area contributed by atoms with E-state index in [2.05, 4.69) is 10.3 Å². The molecule has 0 unspecified atom stereocenters. The quantitative estimate of drug-likeness (QED) is 0.730. The normalized spacial score (nSPS) is 10.6. The third kappa shape index (κ3) is 4.16. The van der Waals surface area contributed by atoms with Gasteiger partial charge in [-0.05, 0) is 29.1 Å². The number of hydrogen-bond acceptors (Lipinski definition) is 4. The molecule has 0 aliphatic rings. The lowest BCUT2D eigenvalue weighted by Crippen LogP contribution is -2.13. The molecule has 3 rings (SSSR count). The van der Waals surface area contributed by atoms with Crippen LogP contribution in [0.5, 0.6) is 0 Å². The number of benzene rings is 1. The molecule has 0 aliphatic heterocycles. The Hall–Kier alpha value is -1.69. The van der Waals surface area contributed by atoms with Crippen molar-refractivity contribution in [3.63, 3.8) is 0 Å². The molecule has 3 nitrogen and oxygen atoms in total. The van der Waals surface area contributed by atoms with Gasteiger partial charge in [0.2, 0.25) is 5.91 Å². The van der Waals surface area contributed by atoms with Gasteiger partial charge in [-0.15, -0.1) is 22.7 Å². The van der Waals surface area contributed by atoms with Crippen molar-refractivity contribution in [1.29, 1.82) is 0 Å². The number of amides is 1. The van der Waals surface area contributed by atoms with Gasteiger partial charge >= 0.3 is 0 Å². The topological polar surface area (TPSA) is 42.0 Å². The molecule has 22 heavy (non-hydrogen) atoms. The molecule has 1 amide bonds.